The third-order valence-corrected chi connectivity index (χ3v) is 4.69. The fourth-order valence-corrected chi connectivity index (χ4v) is 3.54. The number of rotatable bonds is 2. The molecular weight excluding hydrogens is 298 g/mol. The van der Waals surface area contributed by atoms with Crippen LogP contribution in [0.5, 0.6) is 0 Å². The Kier molecular flexibility index (Phi) is 3.42. The van der Waals surface area contributed by atoms with Gasteiger partial charge in [0.1, 0.15) is 0 Å². The van der Waals surface area contributed by atoms with Gasteiger partial charge in [0.15, 0.2) is 5.78 Å². The van der Waals surface area contributed by atoms with E-state index in [1.165, 1.54) is 0 Å². The Morgan fingerprint density at radius 1 is 1.21 bits per heavy atom. The predicted molar refractivity (Wildman–Crippen MR) is 92.0 cm³/mol. The number of benzene rings is 1. The van der Waals surface area contributed by atoms with Crippen LogP contribution in [-0.2, 0) is 12.8 Å². The van der Waals surface area contributed by atoms with Crippen molar-refractivity contribution in [2.75, 3.05) is 0 Å². The van der Waals surface area contributed by atoms with Gasteiger partial charge in [-0.2, -0.15) is 10.4 Å². The molecule has 0 spiro atoms. The Bertz CT molecular complexity index is 1010. The van der Waals surface area contributed by atoms with Crippen LogP contribution in [0.15, 0.2) is 36.4 Å². The number of nitrogens with zero attached hydrogens (tertiary/aromatic N) is 3. The lowest BCUT2D eigenvalue weighted by Gasteiger charge is -2.20. The lowest BCUT2D eigenvalue weighted by Crippen LogP contribution is -2.17. The van der Waals surface area contributed by atoms with Crippen molar-refractivity contribution in [1.29, 1.82) is 5.26 Å². The molecule has 2 aromatic heterocycles. The highest BCUT2D eigenvalue weighted by Crippen LogP contribution is 2.35. The number of carbonyl (C=O) groups is 1. The first kappa shape index (κ1) is 14.6. The predicted octanol–water partition coefficient (Wildman–Crippen LogP) is 3.95. The van der Waals surface area contributed by atoms with Crippen LogP contribution in [0.4, 0.5) is 0 Å². The quantitative estimate of drug-likeness (QED) is 0.719. The van der Waals surface area contributed by atoms with Crippen molar-refractivity contribution in [3.05, 3.63) is 58.9 Å². The van der Waals surface area contributed by atoms with Gasteiger partial charge in [0.2, 0.25) is 0 Å². The lowest BCUT2D eigenvalue weighted by molar-refractivity contribution is 0.0972. The summed E-state index contributed by atoms with van der Waals surface area (Å²) in [5.41, 5.74) is 6.11. The molecule has 0 saturated carbocycles. The molecule has 0 bridgehead atoms. The molecule has 0 radical (unpaired) electrons. The fourth-order valence-electron chi connectivity index (χ4n) is 3.54. The van der Waals surface area contributed by atoms with E-state index >= 15 is 0 Å². The monoisotopic (exact) mass is 315 g/mol. The zero-order valence-electron chi connectivity index (χ0n) is 13.5. The van der Waals surface area contributed by atoms with Crippen molar-refractivity contribution >= 4 is 11.3 Å². The smallest absolute Gasteiger partial charge is 0.165 e. The summed E-state index contributed by atoms with van der Waals surface area (Å²) >= 11 is 0. The highest BCUT2D eigenvalue weighted by Gasteiger charge is 2.26. The van der Waals surface area contributed by atoms with Crippen molar-refractivity contribution in [3.63, 3.8) is 0 Å². The number of aryl methyl sites for hydroxylation is 2. The van der Waals surface area contributed by atoms with Crippen LogP contribution < -0.4 is 0 Å². The Balaban J connectivity index is 2.12. The van der Waals surface area contributed by atoms with E-state index in [0.717, 1.165) is 52.9 Å². The number of aromatic nitrogens is 2. The molecule has 0 aliphatic heterocycles. The van der Waals surface area contributed by atoms with Gasteiger partial charge in [-0.25, -0.2) is 4.52 Å². The average Bonchev–Trinajstić information content (AvgIpc) is 3.03. The summed E-state index contributed by atoms with van der Waals surface area (Å²) < 4.78 is 1.96. The molecule has 0 fully saturated rings. The van der Waals surface area contributed by atoms with Crippen molar-refractivity contribution < 1.29 is 4.79 Å². The molecule has 4 nitrogen and oxygen atoms in total. The van der Waals surface area contributed by atoms with Crippen LogP contribution in [0.3, 0.4) is 0 Å². The maximum atomic E-state index is 12.6. The van der Waals surface area contributed by atoms with E-state index in [-0.39, 0.29) is 5.78 Å². The molecule has 0 N–H and O–H groups in total. The summed E-state index contributed by atoms with van der Waals surface area (Å²) in [6.45, 7) is 2.10. The topological polar surface area (TPSA) is 58.2 Å². The average molecular weight is 315 g/mol. The molecule has 4 heteroatoms. The maximum absolute atomic E-state index is 12.6. The van der Waals surface area contributed by atoms with Gasteiger partial charge in [0.05, 0.1) is 28.4 Å². The zero-order valence-corrected chi connectivity index (χ0v) is 13.5. The Morgan fingerprint density at radius 3 is 2.88 bits per heavy atom. The molecule has 4 rings (SSSR count). The number of carbonyl (C=O) groups excluding carboxylic acids is 1. The number of nitriles is 1. The second-order valence-corrected chi connectivity index (χ2v) is 6.14. The van der Waals surface area contributed by atoms with Crippen LogP contribution in [-0.4, -0.2) is 15.4 Å². The normalized spacial score (nSPS) is 13.8. The summed E-state index contributed by atoms with van der Waals surface area (Å²) in [4.78, 5) is 12.6. The molecule has 2 heterocycles. The van der Waals surface area contributed by atoms with Crippen LogP contribution in [0.25, 0.3) is 16.6 Å². The molecule has 24 heavy (non-hydrogen) atoms. The molecule has 3 aromatic rings. The molecule has 0 saturated heterocycles. The number of hydrogen-bond acceptors (Lipinski definition) is 3. The van der Waals surface area contributed by atoms with E-state index in [4.69, 9.17) is 5.10 Å². The third kappa shape index (κ3) is 2.13. The van der Waals surface area contributed by atoms with Gasteiger partial charge >= 0.3 is 0 Å². The van der Waals surface area contributed by atoms with Gasteiger partial charge < -0.3 is 0 Å². The minimum atomic E-state index is 0.155. The van der Waals surface area contributed by atoms with Gasteiger partial charge in [-0.1, -0.05) is 19.1 Å². The molecule has 0 unspecified atom stereocenters. The molecule has 1 aliphatic carbocycles. The van der Waals surface area contributed by atoms with Crippen molar-refractivity contribution in [2.24, 2.45) is 0 Å². The van der Waals surface area contributed by atoms with Gasteiger partial charge in [0, 0.05) is 17.7 Å². The van der Waals surface area contributed by atoms with Gasteiger partial charge in [-0.15, -0.1) is 0 Å². The van der Waals surface area contributed by atoms with Crippen LogP contribution in [0, 0.1) is 11.3 Å². The van der Waals surface area contributed by atoms with Gasteiger partial charge in [-0.3, -0.25) is 4.79 Å². The summed E-state index contributed by atoms with van der Waals surface area (Å²) in [6.07, 6.45) is 3.12. The van der Waals surface area contributed by atoms with Gasteiger partial charge in [0.25, 0.3) is 0 Å². The largest absolute Gasteiger partial charge is 0.294 e. The number of ketones is 1. The van der Waals surface area contributed by atoms with Crippen LogP contribution in [0.2, 0.25) is 0 Å². The molecule has 1 aromatic carbocycles. The summed E-state index contributed by atoms with van der Waals surface area (Å²) in [7, 11) is 0. The van der Waals surface area contributed by atoms with E-state index in [0.29, 0.717) is 12.0 Å². The Labute approximate surface area is 140 Å². The van der Waals surface area contributed by atoms with Gasteiger partial charge in [-0.05, 0) is 49.1 Å². The first-order chi connectivity index (χ1) is 11.7. The highest BCUT2D eigenvalue weighted by molar-refractivity contribution is 6.07. The zero-order chi connectivity index (χ0) is 16.7. The van der Waals surface area contributed by atoms with E-state index in [1.54, 1.807) is 6.07 Å². The Morgan fingerprint density at radius 2 is 2.08 bits per heavy atom. The summed E-state index contributed by atoms with van der Waals surface area (Å²) in [6, 6.07) is 13.8. The fraction of sp³-hybridized carbons (Fsp3) is 0.250. The SMILES string of the molecule is CCc1ccc2c(-c3cccc(C#N)c3)c3c(nn12)CCCC3=O. The van der Waals surface area contributed by atoms with Crippen molar-refractivity contribution in [1.82, 2.24) is 9.61 Å². The second kappa shape index (κ2) is 5.61. The van der Waals surface area contributed by atoms with E-state index in [9.17, 15) is 10.1 Å². The standard InChI is InChI=1S/C20H17N3O/c1-2-15-9-10-17-19(14-6-3-5-13(11-14)12-21)20-16(22-23(15)17)7-4-8-18(20)24/h3,5-6,9-11H,2,4,7-8H2,1H3. The van der Waals surface area contributed by atoms with Crippen LogP contribution in [0.1, 0.15) is 47.1 Å². The summed E-state index contributed by atoms with van der Waals surface area (Å²) in [5.74, 6) is 0.155. The Hall–Kier alpha value is -2.93. The number of fused-ring (bicyclic) bond motifs is 2. The second-order valence-electron chi connectivity index (χ2n) is 6.14. The number of hydrogen-bond donors (Lipinski definition) is 0. The number of Topliss-reactive ketones (excluding diaryl/α,β-unsaturated/α-hetero) is 1. The van der Waals surface area contributed by atoms with Crippen molar-refractivity contribution in [3.8, 4) is 17.2 Å². The minimum absolute atomic E-state index is 0.155. The van der Waals surface area contributed by atoms with E-state index < -0.39 is 0 Å². The molecule has 0 atom stereocenters. The van der Waals surface area contributed by atoms with E-state index in [2.05, 4.69) is 19.1 Å². The summed E-state index contributed by atoms with van der Waals surface area (Å²) in [5, 5.41) is 14.0. The van der Waals surface area contributed by atoms with Crippen LogP contribution >= 0.6 is 0 Å². The first-order valence-corrected chi connectivity index (χ1v) is 8.30. The first-order valence-electron chi connectivity index (χ1n) is 8.30. The molecule has 0 amide bonds. The minimum Gasteiger partial charge on any atom is -0.294 e. The highest BCUT2D eigenvalue weighted by atomic mass is 16.1. The van der Waals surface area contributed by atoms with Crippen molar-refractivity contribution in [2.45, 2.75) is 32.6 Å². The molecule has 118 valence electrons. The maximum Gasteiger partial charge on any atom is 0.165 e. The van der Waals surface area contributed by atoms with E-state index in [1.807, 2.05) is 28.8 Å². The lowest BCUT2D eigenvalue weighted by atomic mass is 9.88. The molecular formula is C20H17N3O. The third-order valence-electron chi connectivity index (χ3n) is 4.69. The molecule has 1 aliphatic rings.